The van der Waals surface area contributed by atoms with Gasteiger partial charge in [0.15, 0.2) is 16.7 Å². The lowest BCUT2D eigenvalue weighted by Crippen LogP contribution is -2.56. The number of amides is 1. The first-order valence-corrected chi connectivity index (χ1v) is 7.16. The molecule has 0 fully saturated rings. The molecule has 0 N–H and O–H groups in total. The van der Waals surface area contributed by atoms with Crippen LogP contribution in [0.25, 0.3) is 0 Å². The predicted molar refractivity (Wildman–Crippen MR) is 80.3 cm³/mol. The Hall–Kier alpha value is -1.27. The Kier molecular flexibility index (Phi) is 3.97. The summed E-state index contributed by atoms with van der Waals surface area (Å²) >= 11 is 11.8. The van der Waals surface area contributed by atoms with Gasteiger partial charge in [-0.05, 0) is 46.2 Å². The average molecular weight is 334 g/mol. The maximum Gasteiger partial charge on any atom is 0.416 e. The van der Waals surface area contributed by atoms with Crippen molar-refractivity contribution in [1.82, 2.24) is 9.97 Å². The summed E-state index contributed by atoms with van der Waals surface area (Å²) < 4.78 is 11.0. The van der Waals surface area contributed by atoms with E-state index in [0.29, 0.717) is 0 Å². The second-order valence-corrected chi connectivity index (χ2v) is 7.05. The van der Waals surface area contributed by atoms with E-state index in [1.807, 2.05) is 13.8 Å². The molecule has 0 saturated heterocycles. The van der Waals surface area contributed by atoms with Crippen molar-refractivity contribution in [2.24, 2.45) is 0 Å². The number of aromatic nitrogens is 2. The van der Waals surface area contributed by atoms with E-state index in [0.717, 1.165) is 0 Å². The number of hydrogen-bond donors (Lipinski definition) is 0. The maximum absolute atomic E-state index is 12.5. The van der Waals surface area contributed by atoms with Gasteiger partial charge in [-0.3, -0.25) is 0 Å². The van der Waals surface area contributed by atoms with Gasteiger partial charge in [-0.25, -0.2) is 14.7 Å². The standard InChI is InChI=1S/C13H17Cl2N3O3/c1-12(2,3)21-11(19)18-9-7(20-6-13(18,4)5)8(14)16-10(15)17-9/h6H2,1-5H3. The Balaban J connectivity index is 2.51. The molecule has 2 heterocycles. The van der Waals surface area contributed by atoms with Gasteiger partial charge in [0.05, 0.1) is 5.54 Å². The van der Waals surface area contributed by atoms with Crippen LogP contribution >= 0.6 is 23.2 Å². The molecule has 8 heteroatoms. The smallest absolute Gasteiger partial charge is 0.416 e. The molecule has 1 aliphatic heterocycles. The van der Waals surface area contributed by atoms with Crippen molar-refractivity contribution in [2.75, 3.05) is 11.5 Å². The second-order valence-electron chi connectivity index (χ2n) is 6.35. The molecule has 2 rings (SSSR count). The van der Waals surface area contributed by atoms with Crippen molar-refractivity contribution in [3.05, 3.63) is 10.4 Å². The summed E-state index contributed by atoms with van der Waals surface area (Å²) in [4.78, 5) is 21.8. The number of rotatable bonds is 0. The molecule has 1 amide bonds. The Morgan fingerprint density at radius 2 is 1.95 bits per heavy atom. The molecule has 1 aromatic rings. The molecule has 0 aliphatic carbocycles. The summed E-state index contributed by atoms with van der Waals surface area (Å²) in [6.07, 6.45) is -0.539. The van der Waals surface area contributed by atoms with Gasteiger partial charge in [0.25, 0.3) is 0 Å². The number of carbonyl (C=O) groups is 1. The fourth-order valence-corrected chi connectivity index (χ4v) is 2.33. The largest absolute Gasteiger partial charge is 0.484 e. The van der Waals surface area contributed by atoms with Crippen LogP contribution in [0, 0.1) is 0 Å². The summed E-state index contributed by atoms with van der Waals surface area (Å²) in [6, 6.07) is 0. The van der Waals surface area contributed by atoms with E-state index >= 15 is 0 Å². The molecular weight excluding hydrogens is 317 g/mol. The van der Waals surface area contributed by atoms with Crippen LogP contribution in [0.5, 0.6) is 5.75 Å². The quantitative estimate of drug-likeness (QED) is 0.535. The van der Waals surface area contributed by atoms with Crippen LogP contribution in [0.3, 0.4) is 0 Å². The first-order chi connectivity index (χ1) is 9.51. The van der Waals surface area contributed by atoms with Crippen molar-refractivity contribution in [3.8, 4) is 5.75 Å². The van der Waals surface area contributed by atoms with E-state index in [9.17, 15) is 4.79 Å². The maximum atomic E-state index is 12.5. The number of carbonyl (C=O) groups excluding carboxylic acids is 1. The van der Waals surface area contributed by atoms with Crippen molar-refractivity contribution in [1.29, 1.82) is 0 Å². The number of halogens is 2. The van der Waals surface area contributed by atoms with Gasteiger partial charge in [-0.15, -0.1) is 0 Å². The molecular formula is C13H17Cl2N3O3. The SMILES string of the molecule is CC(C)(C)OC(=O)N1c2nc(Cl)nc(Cl)c2OCC1(C)C. The van der Waals surface area contributed by atoms with Crippen LogP contribution in [0.15, 0.2) is 0 Å². The Bertz CT molecular complexity index is 585. The average Bonchev–Trinajstić information content (AvgIpc) is 2.23. The van der Waals surface area contributed by atoms with Crippen LogP contribution < -0.4 is 9.64 Å². The molecule has 0 atom stereocenters. The number of ether oxygens (including phenoxy) is 2. The lowest BCUT2D eigenvalue weighted by molar-refractivity contribution is 0.0505. The highest BCUT2D eigenvalue weighted by Gasteiger charge is 2.43. The normalized spacial score (nSPS) is 17.0. The van der Waals surface area contributed by atoms with Gasteiger partial charge in [0, 0.05) is 0 Å². The molecule has 0 radical (unpaired) electrons. The zero-order valence-corrected chi connectivity index (χ0v) is 14.0. The fraction of sp³-hybridized carbons (Fsp3) is 0.615. The first-order valence-electron chi connectivity index (χ1n) is 6.40. The van der Waals surface area contributed by atoms with Crippen LogP contribution in [0.1, 0.15) is 34.6 Å². The monoisotopic (exact) mass is 333 g/mol. The minimum atomic E-state index is -0.656. The van der Waals surface area contributed by atoms with Crippen LogP contribution in [0.2, 0.25) is 10.4 Å². The lowest BCUT2D eigenvalue weighted by atomic mass is 10.0. The summed E-state index contributed by atoms with van der Waals surface area (Å²) in [5.41, 5.74) is -1.29. The number of fused-ring (bicyclic) bond motifs is 1. The van der Waals surface area contributed by atoms with Gasteiger partial charge in [0.2, 0.25) is 5.28 Å². The Morgan fingerprint density at radius 3 is 2.52 bits per heavy atom. The third-order valence-corrected chi connectivity index (χ3v) is 3.17. The number of nitrogens with zero attached hydrogens (tertiary/aromatic N) is 3. The molecule has 0 unspecified atom stereocenters. The molecule has 116 valence electrons. The number of anilines is 1. The summed E-state index contributed by atoms with van der Waals surface area (Å²) in [7, 11) is 0. The zero-order valence-electron chi connectivity index (χ0n) is 12.5. The van der Waals surface area contributed by atoms with Gasteiger partial charge >= 0.3 is 6.09 Å². The van der Waals surface area contributed by atoms with E-state index in [2.05, 4.69) is 9.97 Å². The van der Waals surface area contributed by atoms with E-state index in [4.69, 9.17) is 32.7 Å². The van der Waals surface area contributed by atoms with Crippen molar-refractivity contribution < 1.29 is 14.3 Å². The third kappa shape index (κ3) is 3.32. The van der Waals surface area contributed by atoms with E-state index in [1.165, 1.54) is 4.90 Å². The van der Waals surface area contributed by atoms with Gasteiger partial charge in [-0.1, -0.05) is 11.6 Å². The van der Waals surface area contributed by atoms with Crippen molar-refractivity contribution >= 4 is 35.1 Å². The van der Waals surface area contributed by atoms with Gasteiger partial charge in [0.1, 0.15) is 12.2 Å². The van der Waals surface area contributed by atoms with E-state index in [-0.39, 0.29) is 28.6 Å². The highest BCUT2D eigenvalue weighted by Crippen LogP contribution is 2.41. The Labute approximate surface area is 133 Å². The van der Waals surface area contributed by atoms with Crippen LogP contribution in [-0.4, -0.2) is 33.8 Å². The molecule has 0 bridgehead atoms. The van der Waals surface area contributed by atoms with Crippen LogP contribution in [-0.2, 0) is 4.74 Å². The minimum Gasteiger partial charge on any atom is -0.484 e. The van der Waals surface area contributed by atoms with E-state index < -0.39 is 17.2 Å². The van der Waals surface area contributed by atoms with Crippen LogP contribution in [0.4, 0.5) is 10.6 Å². The predicted octanol–water partition coefficient (Wildman–Crippen LogP) is 3.70. The molecule has 0 saturated carbocycles. The highest BCUT2D eigenvalue weighted by atomic mass is 35.5. The summed E-state index contributed by atoms with van der Waals surface area (Å²) in [5, 5.41) is 0.00247. The number of hydrogen-bond acceptors (Lipinski definition) is 5. The highest BCUT2D eigenvalue weighted by molar-refractivity contribution is 6.33. The van der Waals surface area contributed by atoms with Gasteiger partial charge < -0.3 is 9.47 Å². The summed E-state index contributed by atoms with van der Waals surface area (Å²) in [5.74, 6) is 0.441. The third-order valence-electron chi connectivity index (χ3n) is 2.74. The minimum absolute atomic E-state index is 0.0615. The molecule has 1 aromatic heterocycles. The molecule has 1 aliphatic rings. The lowest BCUT2D eigenvalue weighted by Gasteiger charge is -2.41. The Morgan fingerprint density at radius 1 is 1.33 bits per heavy atom. The van der Waals surface area contributed by atoms with Gasteiger partial charge in [-0.2, -0.15) is 4.98 Å². The summed E-state index contributed by atoms with van der Waals surface area (Å²) in [6.45, 7) is 9.29. The fourth-order valence-electron chi connectivity index (χ4n) is 1.90. The van der Waals surface area contributed by atoms with Crippen molar-refractivity contribution in [2.45, 2.75) is 45.8 Å². The topological polar surface area (TPSA) is 64.5 Å². The zero-order chi connectivity index (χ0) is 16.0. The molecule has 0 spiro atoms. The molecule has 0 aromatic carbocycles. The second kappa shape index (κ2) is 5.18. The molecule has 21 heavy (non-hydrogen) atoms. The van der Waals surface area contributed by atoms with Crippen molar-refractivity contribution in [3.63, 3.8) is 0 Å². The first kappa shape index (κ1) is 16.1. The molecule has 6 nitrogen and oxygen atoms in total. The van der Waals surface area contributed by atoms with E-state index in [1.54, 1.807) is 20.8 Å².